The van der Waals surface area contributed by atoms with Crippen molar-refractivity contribution >= 4 is 23.4 Å². The Bertz CT molecular complexity index is 480. The van der Waals surface area contributed by atoms with Crippen LogP contribution in [0.2, 0.25) is 0 Å². The first-order valence-electron chi connectivity index (χ1n) is 6.46. The normalized spacial score (nSPS) is 17.9. The van der Waals surface area contributed by atoms with Crippen molar-refractivity contribution in [2.75, 3.05) is 0 Å². The molecule has 0 bridgehead atoms. The molecule has 0 atom stereocenters. The molecular weight excluding hydrogens is 266 g/mol. The van der Waals surface area contributed by atoms with Gasteiger partial charge in [-0.1, -0.05) is 30.7 Å². The third-order valence-corrected chi connectivity index (χ3v) is 4.33. The van der Waals surface area contributed by atoms with E-state index in [0.29, 0.717) is 29.8 Å². The van der Waals surface area contributed by atoms with Crippen LogP contribution in [0.3, 0.4) is 0 Å². The van der Waals surface area contributed by atoms with Crippen molar-refractivity contribution < 1.29 is 14.7 Å². The molecule has 0 spiro atoms. The van der Waals surface area contributed by atoms with Gasteiger partial charge in [-0.15, -0.1) is 5.10 Å². The summed E-state index contributed by atoms with van der Waals surface area (Å²) >= 11 is 1.02. The Morgan fingerprint density at radius 3 is 2.63 bits per heavy atom. The van der Waals surface area contributed by atoms with E-state index in [4.69, 9.17) is 0 Å². The van der Waals surface area contributed by atoms with Gasteiger partial charge in [0.2, 0.25) is 0 Å². The van der Waals surface area contributed by atoms with E-state index in [-0.39, 0.29) is 5.91 Å². The number of aryl methyl sites for hydroxylation is 1. The molecule has 1 amide bonds. The predicted octanol–water partition coefficient (Wildman–Crippen LogP) is 1.62. The van der Waals surface area contributed by atoms with Gasteiger partial charge >= 0.3 is 5.97 Å². The van der Waals surface area contributed by atoms with Gasteiger partial charge in [0, 0.05) is 0 Å². The van der Waals surface area contributed by atoms with Crippen LogP contribution in [0.1, 0.15) is 54.4 Å². The third-order valence-electron chi connectivity index (χ3n) is 3.57. The lowest BCUT2D eigenvalue weighted by molar-refractivity contribution is -0.145. The molecule has 0 radical (unpaired) electrons. The largest absolute Gasteiger partial charge is 0.480 e. The highest BCUT2D eigenvalue weighted by molar-refractivity contribution is 7.08. The van der Waals surface area contributed by atoms with E-state index in [1.54, 1.807) is 0 Å². The molecule has 0 saturated heterocycles. The molecule has 0 aliphatic heterocycles. The van der Waals surface area contributed by atoms with Crippen molar-refractivity contribution in [1.82, 2.24) is 14.9 Å². The van der Waals surface area contributed by atoms with Gasteiger partial charge in [0.1, 0.15) is 10.4 Å². The number of hydrogen-bond acceptors (Lipinski definition) is 5. The number of amides is 1. The van der Waals surface area contributed by atoms with Crippen LogP contribution in [-0.2, 0) is 11.2 Å². The standard InChI is InChI=1S/C12H17N3O3S/c1-2-8-9(19-15-14-8)10(16)13-12(11(17)18)6-4-3-5-7-12/h2-7H2,1H3,(H,13,16)(H,17,18). The molecule has 1 fully saturated rings. The number of nitrogens with one attached hydrogen (secondary N) is 1. The smallest absolute Gasteiger partial charge is 0.329 e. The number of nitrogens with zero attached hydrogens (tertiary/aromatic N) is 2. The maximum Gasteiger partial charge on any atom is 0.329 e. The van der Waals surface area contributed by atoms with Crippen LogP contribution in [0.15, 0.2) is 0 Å². The van der Waals surface area contributed by atoms with E-state index in [1.807, 2.05) is 6.92 Å². The maximum absolute atomic E-state index is 12.2. The number of hydrogen-bond donors (Lipinski definition) is 2. The minimum absolute atomic E-state index is 0.365. The van der Waals surface area contributed by atoms with Gasteiger partial charge in [-0.2, -0.15) is 0 Å². The number of aromatic nitrogens is 2. The van der Waals surface area contributed by atoms with E-state index >= 15 is 0 Å². The fraction of sp³-hybridized carbons (Fsp3) is 0.667. The molecule has 1 aromatic rings. The van der Waals surface area contributed by atoms with Crippen molar-refractivity contribution in [2.24, 2.45) is 0 Å². The highest BCUT2D eigenvalue weighted by Gasteiger charge is 2.41. The van der Waals surface area contributed by atoms with Gasteiger partial charge in [0.15, 0.2) is 0 Å². The summed E-state index contributed by atoms with van der Waals surface area (Å²) in [4.78, 5) is 24.1. The lowest BCUT2D eigenvalue weighted by Crippen LogP contribution is -2.55. The maximum atomic E-state index is 12.2. The Morgan fingerprint density at radius 2 is 2.05 bits per heavy atom. The molecule has 1 aliphatic rings. The Morgan fingerprint density at radius 1 is 1.37 bits per heavy atom. The molecule has 0 aromatic carbocycles. The lowest BCUT2D eigenvalue weighted by atomic mass is 9.81. The summed E-state index contributed by atoms with van der Waals surface area (Å²) in [5.74, 6) is -1.31. The van der Waals surface area contributed by atoms with Gasteiger partial charge in [0.05, 0.1) is 5.69 Å². The topological polar surface area (TPSA) is 92.2 Å². The quantitative estimate of drug-likeness (QED) is 0.876. The second kappa shape index (κ2) is 5.64. The molecule has 1 aliphatic carbocycles. The van der Waals surface area contributed by atoms with Gasteiger partial charge in [0.25, 0.3) is 5.91 Å². The van der Waals surface area contributed by atoms with E-state index < -0.39 is 11.5 Å². The van der Waals surface area contributed by atoms with Crippen LogP contribution in [0, 0.1) is 0 Å². The highest BCUT2D eigenvalue weighted by atomic mass is 32.1. The average Bonchev–Trinajstić information content (AvgIpc) is 2.88. The number of carbonyl (C=O) groups excluding carboxylic acids is 1. The molecule has 0 unspecified atom stereocenters. The summed E-state index contributed by atoms with van der Waals surface area (Å²) in [5, 5.41) is 16.0. The van der Waals surface area contributed by atoms with Crippen molar-refractivity contribution in [3.8, 4) is 0 Å². The van der Waals surface area contributed by atoms with Crippen molar-refractivity contribution in [2.45, 2.75) is 51.0 Å². The molecule has 19 heavy (non-hydrogen) atoms. The molecule has 6 nitrogen and oxygen atoms in total. The summed E-state index contributed by atoms with van der Waals surface area (Å²) < 4.78 is 3.76. The Labute approximate surface area is 115 Å². The molecule has 1 saturated carbocycles. The summed E-state index contributed by atoms with van der Waals surface area (Å²) in [5.41, 5.74) is -0.497. The second-order valence-electron chi connectivity index (χ2n) is 4.80. The minimum atomic E-state index is -1.12. The molecule has 2 N–H and O–H groups in total. The van der Waals surface area contributed by atoms with Crippen molar-refractivity contribution in [1.29, 1.82) is 0 Å². The van der Waals surface area contributed by atoms with Gasteiger partial charge in [-0.05, 0) is 30.8 Å². The number of carboxylic acid groups (broad SMARTS) is 1. The average molecular weight is 283 g/mol. The fourth-order valence-electron chi connectivity index (χ4n) is 2.43. The first-order valence-corrected chi connectivity index (χ1v) is 7.23. The van der Waals surface area contributed by atoms with Gasteiger partial charge in [-0.25, -0.2) is 4.79 Å². The van der Waals surface area contributed by atoms with Crippen LogP contribution in [0.5, 0.6) is 0 Å². The highest BCUT2D eigenvalue weighted by Crippen LogP contribution is 2.29. The van der Waals surface area contributed by atoms with Crippen molar-refractivity contribution in [3.63, 3.8) is 0 Å². The summed E-state index contributed by atoms with van der Waals surface area (Å²) in [7, 11) is 0. The van der Waals surface area contributed by atoms with Gasteiger partial charge in [-0.3, -0.25) is 4.79 Å². The summed E-state index contributed by atoms with van der Waals surface area (Å²) in [6.45, 7) is 1.89. The molecule has 1 aromatic heterocycles. The first-order chi connectivity index (χ1) is 9.09. The molecular formula is C12H17N3O3S. The zero-order valence-corrected chi connectivity index (χ0v) is 11.6. The van der Waals surface area contributed by atoms with Crippen LogP contribution in [-0.4, -0.2) is 32.1 Å². The fourth-order valence-corrected chi connectivity index (χ4v) is 3.08. The van der Waals surface area contributed by atoms with Crippen LogP contribution < -0.4 is 5.32 Å². The SMILES string of the molecule is CCc1nnsc1C(=O)NC1(C(=O)O)CCCCC1. The van der Waals surface area contributed by atoms with Crippen molar-refractivity contribution in [3.05, 3.63) is 10.6 Å². The summed E-state index contributed by atoms with van der Waals surface area (Å²) in [6, 6.07) is 0. The number of rotatable bonds is 4. The molecule has 7 heteroatoms. The Balaban J connectivity index is 2.18. The van der Waals surface area contributed by atoms with Gasteiger partial charge < -0.3 is 10.4 Å². The molecule has 2 rings (SSSR count). The van der Waals surface area contributed by atoms with Crippen LogP contribution in [0.25, 0.3) is 0 Å². The monoisotopic (exact) mass is 283 g/mol. The van der Waals surface area contributed by atoms with Crippen LogP contribution >= 0.6 is 11.5 Å². The third kappa shape index (κ3) is 2.75. The number of carbonyl (C=O) groups is 2. The Kier molecular flexibility index (Phi) is 4.14. The van der Waals surface area contributed by atoms with E-state index in [0.717, 1.165) is 30.8 Å². The Hall–Kier alpha value is -1.50. The zero-order chi connectivity index (χ0) is 13.9. The summed E-state index contributed by atoms with van der Waals surface area (Å²) in [6.07, 6.45) is 4.26. The second-order valence-corrected chi connectivity index (χ2v) is 5.56. The lowest BCUT2D eigenvalue weighted by Gasteiger charge is -2.33. The van der Waals surface area contributed by atoms with E-state index in [1.165, 1.54) is 0 Å². The molecule has 1 heterocycles. The van der Waals surface area contributed by atoms with E-state index in [9.17, 15) is 14.7 Å². The number of carboxylic acids is 1. The number of aliphatic carboxylic acids is 1. The minimum Gasteiger partial charge on any atom is -0.480 e. The van der Waals surface area contributed by atoms with Crippen LogP contribution in [0.4, 0.5) is 0 Å². The zero-order valence-electron chi connectivity index (χ0n) is 10.8. The first kappa shape index (κ1) is 13.9. The predicted molar refractivity (Wildman–Crippen MR) is 70.2 cm³/mol. The molecule has 104 valence electrons. The van der Waals surface area contributed by atoms with E-state index in [2.05, 4.69) is 14.9 Å².